The van der Waals surface area contributed by atoms with Gasteiger partial charge in [-0.1, -0.05) is 19.8 Å². The minimum Gasteiger partial charge on any atom is -0.381 e. The predicted molar refractivity (Wildman–Crippen MR) is 67.0 cm³/mol. The van der Waals surface area contributed by atoms with E-state index in [-0.39, 0.29) is 10.7 Å². The Bertz CT molecular complexity index is 453. The molecule has 1 rings (SSSR count). The second-order valence-corrected chi connectivity index (χ2v) is 5.57. The predicted octanol–water partition coefficient (Wildman–Crippen LogP) is 0.954. The van der Waals surface area contributed by atoms with Crippen LogP contribution < -0.4 is 10.5 Å². The molecule has 98 valence electrons. The first-order valence-electron chi connectivity index (χ1n) is 5.83. The SMILES string of the molecule is CCCCCNS(=O)(=O)c1cn(CC)nc1N. The van der Waals surface area contributed by atoms with E-state index < -0.39 is 10.0 Å². The first-order chi connectivity index (χ1) is 8.01. The highest BCUT2D eigenvalue weighted by Crippen LogP contribution is 2.15. The van der Waals surface area contributed by atoms with Crippen LogP contribution >= 0.6 is 0 Å². The minimum atomic E-state index is -3.52. The van der Waals surface area contributed by atoms with E-state index >= 15 is 0 Å². The molecular weight excluding hydrogens is 240 g/mol. The topological polar surface area (TPSA) is 90.0 Å². The van der Waals surface area contributed by atoms with Gasteiger partial charge in [0.1, 0.15) is 4.90 Å². The maximum Gasteiger partial charge on any atom is 0.245 e. The van der Waals surface area contributed by atoms with E-state index in [1.807, 2.05) is 6.92 Å². The number of rotatable bonds is 7. The largest absolute Gasteiger partial charge is 0.381 e. The van der Waals surface area contributed by atoms with Gasteiger partial charge in [-0.25, -0.2) is 13.1 Å². The van der Waals surface area contributed by atoms with Crippen LogP contribution in [0, 0.1) is 0 Å². The van der Waals surface area contributed by atoms with Gasteiger partial charge in [0, 0.05) is 19.3 Å². The quantitative estimate of drug-likeness (QED) is 0.714. The third-order valence-corrected chi connectivity index (χ3v) is 3.92. The molecule has 0 atom stereocenters. The highest BCUT2D eigenvalue weighted by atomic mass is 32.2. The maximum absolute atomic E-state index is 11.9. The van der Waals surface area contributed by atoms with Crippen molar-refractivity contribution in [2.24, 2.45) is 0 Å². The van der Waals surface area contributed by atoms with Gasteiger partial charge in [0.25, 0.3) is 0 Å². The van der Waals surface area contributed by atoms with Gasteiger partial charge in [-0.05, 0) is 13.3 Å². The number of anilines is 1. The standard InChI is InChI=1S/C10H20N4O2S/c1-3-5-6-7-12-17(15,16)9-8-14(4-2)13-10(9)11/h8,12H,3-7H2,1-2H3,(H2,11,13). The van der Waals surface area contributed by atoms with Gasteiger partial charge in [-0.2, -0.15) is 5.10 Å². The van der Waals surface area contributed by atoms with Crippen molar-refractivity contribution in [3.05, 3.63) is 6.20 Å². The first-order valence-corrected chi connectivity index (χ1v) is 7.32. The highest BCUT2D eigenvalue weighted by Gasteiger charge is 2.20. The summed E-state index contributed by atoms with van der Waals surface area (Å²) < 4.78 is 27.8. The third-order valence-electron chi connectivity index (χ3n) is 2.44. The van der Waals surface area contributed by atoms with Gasteiger partial charge < -0.3 is 5.73 Å². The second-order valence-electron chi connectivity index (χ2n) is 3.84. The summed E-state index contributed by atoms with van der Waals surface area (Å²) in [6.45, 7) is 4.97. The number of nitrogens with two attached hydrogens (primary N) is 1. The minimum absolute atomic E-state index is 0.0508. The monoisotopic (exact) mass is 260 g/mol. The van der Waals surface area contributed by atoms with Crippen LogP contribution in [0.5, 0.6) is 0 Å². The fourth-order valence-corrected chi connectivity index (χ4v) is 2.59. The lowest BCUT2D eigenvalue weighted by Gasteiger charge is -2.04. The average Bonchev–Trinajstić information content (AvgIpc) is 2.67. The maximum atomic E-state index is 11.9. The number of nitrogen functional groups attached to an aromatic ring is 1. The molecule has 1 aromatic rings. The molecule has 1 heterocycles. The number of aryl methyl sites for hydroxylation is 1. The zero-order valence-electron chi connectivity index (χ0n) is 10.3. The molecule has 0 amide bonds. The molecule has 0 aliphatic rings. The number of sulfonamides is 1. The van der Waals surface area contributed by atoms with Crippen molar-refractivity contribution in [3.63, 3.8) is 0 Å². The molecule has 3 N–H and O–H groups in total. The van der Waals surface area contributed by atoms with Crippen molar-refractivity contribution in [1.82, 2.24) is 14.5 Å². The van der Waals surface area contributed by atoms with Crippen molar-refractivity contribution in [3.8, 4) is 0 Å². The smallest absolute Gasteiger partial charge is 0.245 e. The van der Waals surface area contributed by atoms with Crippen LogP contribution in [0.1, 0.15) is 33.1 Å². The van der Waals surface area contributed by atoms with Crippen LogP contribution in [0.4, 0.5) is 5.82 Å². The summed E-state index contributed by atoms with van der Waals surface area (Å²) in [6, 6.07) is 0. The number of nitrogens with one attached hydrogen (secondary N) is 1. The zero-order valence-corrected chi connectivity index (χ0v) is 11.1. The van der Waals surface area contributed by atoms with Crippen molar-refractivity contribution < 1.29 is 8.42 Å². The normalized spacial score (nSPS) is 11.9. The lowest BCUT2D eigenvalue weighted by atomic mass is 10.3. The Hall–Kier alpha value is -1.08. The molecule has 0 bridgehead atoms. The van der Waals surface area contributed by atoms with E-state index in [1.165, 1.54) is 10.9 Å². The Balaban J connectivity index is 2.72. The van der Waals surface area contributed by atoms with Crippen molar-refractivity contribution in [1.29, 1.82) is 0 Å². The van der Waals surface area contributed by atoms with Gasteiger partial charge in [0.15, 0.2) is 5.82 Å². The van der Waals surface area contributed by atoms with Crippen LogP contribution in [-0.4, -0.2) is 24.7 Å². The number of aromatic nitrogens is 2. The van der Waals surface area contributed by atoms with Gasteiger partial charge in [0.2, 0.25) is 10.0 Å². The molecule has 6 nitrogen and oxygen atoms in total. The van der Waals surface area contributed by atoms with Gasteiger partial charge in [-0.3, -0.25) is 4.68 Å². The zero-order chi connectivity index (χ0) is 12.9. The summed E-state index contributed by atoms with van der Waals surface area (Å²) >= 11 is 0. The molecule has 0 aliphatic heterocycles. The fraction of sp³-hybridized carbons (Fsp3) is 0.700. The lowest BCUT2D eigenvalue weighted by molar-refractivity contribution is 0.575. The molecule has 7 heteroatoms. The van der Waals surface area contributed by atoms with E-state index in [4.69, 9.17) is 5.73 Å². The Morgan fingerprint density at radius 2 is 2.12 bits per heavy atom. The second kappa shape index (κ2) is 6.02. The molecule has 0 unspecified atom stereocenters. The van der Waals surface area contributed by atoms with E-state index in [0.29, 0.717) is 13.1 Å². The number of unbranched alkanes of at least 4 members (excludes halogenated alkanes) is 2. The number of nitrogens with zero attached hydrogens (tertiary/aromatic N) is 2. The average molecular weight is 260 g/mol. The summed E-state index contributed by atoms with van der Waals surface area (Å²) in [7, 11) is -3.52. The van der Waals surface area contributed by atoms with E-state index in [9.17, 15) is 8.42 Å². The van der Waals surface area contributed by atoms with E-state index in [1.54, 1.807) is 0 Å². The number of hydrogen-bond donors (Lipinski definition) is 2. The van der Waals surface area contributed by atoms with Gasteiger partial charge >= 0.3 is 0 Å². The van der Waals surface area contributed by atoms with Gasteiger partial charge in [0.05, 0.1) is 0 Å². The Morgan fingerprint density at radius 3 is 2.65 bits per heavy atom. The highest BCUT2D eigenvalue weighted by molar-refractivity contribution is 7.89. The van der Waals surface area contributed by atoms with Gasteiger partial charge in [-0.15, -0.1) is 0 Å². The lowest BCUT2D eigenvalue weighted by Crippen LogP contribution is -2.25. The number of hydrogen-bond acceptors (Lipinski definition) is 4. The first kappa shape index (κ1) is 14.0. The molecule has 0 radical (unpaired) electrons. The molecule has 0 spiro atoms. The molecule has 0 saturated heterocycles. The van der Waals surface area contributed by atoms with E-state index in [2.05, 4.69) is 16.7 Å². The van der Waals surface area contributed by atoms with Crippen LogP contribution in [-0.2, 0) is 16.6 Å². The van der Waals surface area contributed by atoms with Crippen molar-refractivity contribution >= 4 is 15.8 Å². The molecular formula is C10H20N4O2S. The summed E-state index contributed by atoms with van der Waals surface area (Å²) in [5.41, 5.74) is 5.58. The molecule has 0 fully saturated rings. The third kappa shape index (κ3) is 3.71. The van der Waals surface area contributed by atoms with Crippen LogP contribution in [0.3, 0.4) is 0 Å². The fourth-order valence-electron chi connectivity index (χ4n) is 1.45. The Morgan fingerprint density at radius 1 is 1.41 bits per heavy atom. The van der Waals surface area contributed by atoms with Crippen molar-refractivity contribution in [2.45, 2.75) is 44.6 Å². The summed E-state index contributed by atoms with van der Waals surface area (Å²) in [5.74, 6) is 0.0508. The Labute approximate surface area is 102 Å². The summed E-state index contributed by atoms with van der Waals surface area (Å²) in [5, 5.41) is 3.92. The molecule has 17 heavy (non-hydrogen) atoms. The Kier molecular flexibility index (Phi) is 4.95. The summed E-state index contributed by atoms with van der Waals surface area (Å²) in [6.07, 6.45) is 4.35. The van der Waals surface area contributed by atoms with Crippen molar-refractivity contribution in [2.75, 3.05) is 12.3 Å². The van der Waals surface area contributed by atoms with Crippen LogP contribution in [0.25, 0.3) is 0 Å². The van der Waals surface area contributed by atoms with Crippen LogP contribution in [0.15, 0.2) is 11.1 Å². The molecule has 0 aromatic carbocycles. The molecule has 0 saturated carbocycles. The molecule has 0 aliphatic carbocycles. The van der Waals surface area contributed by atoms with Crippen LogP contribution in [0.2, 0.25) is 0 Å². The van der Waals surface area contributed by atoms with E-state index in [0.717, 1.165) is 19.3 Å². The summed E-state index contributed by atoms with van der Waals surface area (Å²) in [4.78, 5) is 0.0656. The molecule has 1 aromatic heterocycles.